The number of likely N-dealkylation sites (tertiary alicyclic amines) is 1. The number of hydrogen-bond donors (Lipinski definition) is 1. The molecule has 9 heteroatoms. The van der Waals surface area contributed by atoms with E-state index in [1.165, 1.54) is 35.4 Å². The number of fused-ring (bicyclic) bond motifs is 2. The Hall–Kier alpha value is -3.17. The van der Waals surface area contributed by atoms with Crippen LogP contribution in [0.2, 0.25) is 0 Å². The highest BCUT2D eigenvalue weighted by Gasteiger charge is 2.64. The third kappa shape index (κ3) is 5.29. The van der Waals surface area contributed by atoms with Gasteiger partial charge in [0.15, 0.2) is 0 Å². The third-order valence-corrected chi connectivity index (χ3v) is 13.7. The van der Waals surface area contributed by atoms with Crippen LogP contribution in [0.4, 0.5) is 4.79 Å². The monoisotopic (exact) mass is 580 g/mol. The molecule has 1 saturated heterocycles. The zero-order valence-corrected chi connectivity index (χ0v) is 24.2. The van der Waals surface area contributed by atoms with Gasteiger partial charge in [-0.2, -0.15) is 0 Å². The molecule has 5 rings (SSSR count). The van der Waals surface area contributed by atoms with Crippen molar-refractivity contribution in [2.75, 3.05) is 6.54 Å². The van der Waals surface area contributed by atoms with Crippen LogP contribution in [0.5, 0.6) is 0 Å². The molecule has 2 amide bonds. The Kier molecular flexibility index (Phi) is 8.33. The van der Waals surface area contributed by atoms with Crippen molar-refractivity contribution in [2.24, 2.45) is 0 Å². The molecule has 7 nitrogen and oxygen atoms in total. The summed E-state index contributed by atoms with van der Waals surface area (Å²) in [7, 11) is -8.70. The van der Waals surface area contributed by atoms with E-state index in [1.807, 2.05) is 36.4 Å². The van der Waals surface area contributed by atoms with Gasteiger partial charge in [0.05, 0.1) is 9.79 Å². The molecule has 2 heterocycles. The molecule has 0 atom stereocenters. The Morgan fingerprint density at radius 2 is 1.27 bits per heavy atom. The van der Waals surface area contributed by atoms with E-state index in [2.05, 4.69) is 29.6 Å². The van der Waals surface area contributed by atoms with E-state index in [9.17, 15) is 21.6 Å². The number of amides is 2. The second kappa shape index (κ2) is 11.7. The number of carbonyl (C=O) groups is 1. The molecule has 1 N–H and O–H groups in total. The fourth-order valence-electron chi connectivity index (χ4n) is 6.00. The van der Waals surface area contributed by atoms with Gasteiger partial charge in [-0.05, 0) is 80.7 Å². The number of hydrogen-bond acceptors (Lipinski definition) is 5. The highest BCUT2D eigenvalue weighted by molar-refractivity contribution is 8.10. The minimum absolute atomic E-state index is 0.0539. The van der Waals surface area contributed by atoms with Crippen LogP contribution in [0.15, 0.2) is 94.7 Å². The number of nitrogens with zero attached hydrogens (tertiary/aromatic N) is 1. The number of nitrogens with one attached hydrogen (secondary N) is 1. The first-order valence-corrected chi connectivity index (χ1v) is 17.0. The highest BCUT2D eigenvalue weighted by Crippen LogP contribution is 2.48. The Morgan fingerprint density at radius 1 is 0.750 bits per heavy atom. The summed E-state index contributed by atoms with van der Waals surface area (Å²) in [6.45, 7) is 0.0648. The molecule has 1 fully saturated rings. The number of carbonyl (C=O) groups excluding carboxylic acids is 1. The van der Waals surface area contributed by atoms with E-state index in [0.29, 0.717) is 25.7 Å². The van der Waals surface area contributed by atoms with Gasteiger partial charge in [0.1, 0.15) is 0 Å². The molecular weight excluding hydrogens is 544 g/mol. The van der Waals surface area contributed by atoms with Crippen molar-refractivity contribution < 1.29 is 21.6 Å². The second-order valence-corrected chi connectivity index (χ2v) is 15.3. The molecular formula is C31H36N2O5S2. The second-order valence-electron chi connectivity index (χ2n) is 10.7. The Bertz CT molecular complexity index is 1450. The topological polar surface area (TPSA) is 101 Å². The van der Waals surface area contributed by atoms with Crippen molar-refractivity contribution >= 4 is 25.7 Å². The van der Waals surface area contributed by atoms with Gasteiger partial charge < -0.3 is 5.32 Å². The molecule has 0 radical (unpaired) electrons. The number of rotatable bonds is 9. The molecule has 2 aliphatic heterocycles. The van der Waals surface area contributed by atoms with Crippen molar-refractivity contribution in [1.82, 2.24) is 10.2 Å². The van der Waals surface area contributed by atoms with Crippen LogP contribution in [-0.4, -0.2) is 44.6 Å². The molecule has 3 aromatic rings. The summed E-state index contributed by atoms with van der Waals surface area (Å²) in [5.41, 5.74) is 2.43. The van der Waals surface area contributed by atoms with Gasteiger partial charge in [0, 0.05) is 19.0 Å². The fourth-order valence-corrected chi connectivity index (χ4v) is 11.4. The third-order valence-electron chi connectivity index (χ3n) is 8.10. The molecule has 0 aromatic heterocycles. The largest absolute Gasteiger partial charge is 0.335 e. The van der Waals surface area contributed by atoms with Crippen LogP contribution in [0.1, 0.15) is 56.1 Å². The van der Waals surface area contributed by atoms with E-state index in [1.54, 1.807) is 0 Å². The molecule has 40 heavy (non-hydrogen) atoms. The van der Waals surface area contributed by atoms with E-state index < -0.39 is 29.9 Å². The number of piperidine rings is 1. The first-order chi connectivity index (χ1) is 19.3. The lowest BCUT2D eigenvalue weighted by atomic mass is 9.99. The van der Waals surface area contributed by atoms with E-state index in [4.69, 9.17) is 0 Å². The summed E-state index contributed by atoms with van der Waals surface area (Å²) in [5.74, 6) is 0. The smallest absolute Gasteiger partial charge is 0.319 e. The maximum absolute atomic E-state index is 13.9. The van der Waals surface area contributed by atoms with Crippen molar-refractivity contribution in [1.29, 1.82) is 0 Å². The summed E-state index contributed by atoms with van der Waals surface area (Å²) in [6, 6.07) is 24.9. The van der Waals surface area contributed by atoms with Crippen LogP contribution >= 0.6 is 0 Å². The Morgan fingerprint density at radius 3 is 1.80 bits per heavy atom. The summed E-state index contributed by atoms with van der Waals surface area (Å²) in [5, 5.41) is 3.07. The van der Waals surface area contributed by atoms with Gasteiger partial charge in [-0.15, -0.1) is 0 Å². The first kappa shape index (κ1) is 28.4. The first-order valence-electron chi connectivity index (χ1n) is 14.0. The van der Waals surface area contributed by atoms with E-state index in [0.717, 1.165) is 30.6 Å². The quantitative estimate of drug-likeness (QED) is 0.360. The van der Waals surface area contributed by atoms with Gasteiger partial charge in [-0.3, -0.25) is 4.90 Å². The Labute approximate surface area is 237 Å². The van der Waals surface area contributed by atoms with Gasteiger partial charge in [-0.1, -0.05) is 66.7 Å². The lowest BCUT2D eigenvalue weighted by molar-refractivity contribution is 0.156. The fraction of sp³-hybridized carbons (Fsp3) is 0.387. The molecule has 0 aliphatic carbocycles. The van der Waals surface area contributed by atoms with Gasteiger partial charge in [0.2, 0.25) is 19.7 Å². The van der Waals surface area contributed by atoms with Crippen LogP contribution in [0.3, 0.4) is 0 Å². The standard InChI is InChI=1S/C31H36N2O5S2/c34-30(33-23-8-7-22-31(33)39(35,36)28-20-11-21-29(24-28)40(31,37)38)32-27(18-9-16-25-12-3-1-4-13-25)19-10-17-26-14-5-2-6-15-26/h1-6,11-15,20-21,24,27H,7-10,16-19,22-23H2,(H,32,34). The molecule has 2 bridgehead atoms. The van der Waals surface area contributed by atoms with E-state index >= 15 is 0 Å². The van der Waals surface area contributed by atoms with Crippen molar-refractivity contribution in [3.8, 4) is 0 Å². The lowest BCUT2D eigenvalue weighted by Gasteiger charge is -2.46. The SMILES string of the molecule is O=C(NC(CCCc1ccccc1)CCCc1ccccc1)N1CCCCC12S(=O)(=O)c1cccc(c1)S2(=O)=O. The predicted octanol–water partition coefficient (Wildman–Crippen LogP) is 5.51. The van der Waals surface area contributed by atoms with Gasteiger partial charge in [-0.25, -0.2) is 21.6 Å². The zero-order valence-electron chi connectivity index (χ0n) is 22.5. The zero-order chi connectivity index (χ0) is 28.2. The molecule has 212 valence electrons. The highest BCUT2D eigenvalue weighted by atomic mass is 32.3. The van der Waals surface area contributed by atoms with Crippen LogP contribution < -0.4 is 5.32 Å². The number of aryl methyl sites for hydroxylation is 2. The number of benzene rings is 3. The average molecular weight is 581 g/mol. The minimum atomic E-state index is -4.35. The Balaban J connectivity index is 1.37. The van der Waals surface area contributed by atoms with Crippen LogP contribution in [0, 0.1) is 0 Å². The molecule has 1 spiro atoms. The van der Waals surface area contributed by atoms with Gasteiger partial charge >= 0.3 is 6.03 Å². The number of urea groups is 1. The average Bonchev–Trinajstić information content (AvgIpc) is 2.97. The summed E-state index contributed by atoms with van der Waals surface area (Å²) in [6.07, 6.45) is 5.61. The molecule has 0 unspecified atom stereocenters. The normalized spacial score (nSPS) is 18.5. The molecule has 3 aromatic carbocycles. The number of sulfone groups is 2. The predicted molar refractivity (Wildman–Crippen MR) is 155 cm³/mol. The molecule has 2 aliphatic rings. The summed E-state index contributed by atoms with van der Waals surface area (Å²) in [4.78, 5) is 14.9. The molecule has 0 saturated carbocycles. The lowest BCUT2D eigenvalue weighted by Crippen LogP contribution is -2.66. The van der Waals surface area contributed by atoms with E-state index in [-0.39, 0.29) is 28.8 Å². The maximum atomic E-state index is 13.9. The van der Waals surface area contributed by atoms with Gasteiger partial charge in [0.25, 0.3) is 4.20 Å². The minimum Gasteiger partial charge on any atom is -0.335 e. The van der Waals surface area contributed by atoms with Crippen molar-refractivity contribution in [3.63, 3.8) is 0 Å². The van der Waals surface area contributed by atoms with Crippen LogP contribution in [0.25, 0.3) is 0 Å². The van der Waals surface area contributed by atoms with Crippen LogP contribution in [-0.2, 0) is 32.5 Å². The summed E-state index contributed by atoms with van der Waals surface area (Å²) >= 11 is 0. The maximum Gasteiger partial charge on any atom is 0.319 e. The van der Waals surface area contributed by atoms with Crippen molar-refractivity contribution in [3.05, 3.63) is 96.1 Å². The summed E-state index contributed by atoms with van der Waals surface area (Å²) < 4.78 is 53.0. The van der Waals surface area contributed by atoms with Crippen molar-refractivity contribution in [2.45, 2.75) is 77.8 Å².